The molecule has 156 valence electrons. The predicted molar refractivity (Wildman–Crippen MR) is 108 cm³/mol. The molecular weight excluding hydrogens is 411 g/mol. The first-order valence-corrected chi connectivity index (χ1v) is 10.3. The SMILES string of the molecule is COC(=O)[C@H]1C2CCC(CC2)[C@@H]1Nc1nc(-c2c[nH]c3ncc(Cl)nc23)ncc1F. The van der Waals surface area contributed by atoms with Crippen LogP contribution in [0.2, 0.25) is 5.15 Å². The lowest BCUT2D eigenvalue weighted by molar-refractivity contribution is -0.152. The predicted octanol–water partition coefficient (Wildman–Crippen LogP) is 3.60. The number of hydrogen-bond donors (Lipinski definition) is 2. The Bertz CT molecular complexity index is 1110. The molecule has 0 aliphatic heterocycles. The van der Waals surface area contributed by atoms with Gasteiger partial charge in [0.05, 0.1) is 31.0 Å². The molecule has 0 unspecified atom stereocenters. The van der Waals surface area contributed by atoms with Crippen molar-refractivity contribution in [3.8, 4) is 11.4 Å². The van der Waals surface area contributed by atoms with E-state index in [-0.39, 0.29) is 46.6 Å². The number of methoxy groups -OCH3 is 1. The molecule has 3 fully saturated rings. The molecule has 2 bridgehead atoms. The van der Waals surface area contributed by atoms with Gasteiger partial charge >= 0.3 is 5.97 Å². The highest BCUT2D eigenvalue weighted by Gasteiger charge is 2.48. The largest absolute Gasteiger partial charge is 0.469 e. The van der Waals surface area contributed by atoms with Crippen molar-refractivity contribution in [1.82, 2.24) is 24.9 Å². The fraction of sp³-hybridized carbons (Fsp3) is 0.450. The monoisotopic (exact) mass is 430 g/mol. The molecule has 3 aromatic rings. The van der Waals surface area contributed by atoms with Gasteiger partial charge in [0.2, 0.25) is 0 Å². The van der Waals surface area contributed by atoms with E-state index < -0.39 is 5.82 Å². The number of aromatic amines is 1. The maximum absolute atomic E-state index is 14.6. The van der Waals surface area contributed by atoms with Gasteiger partial charge in [-0.25, -0.2) is 24.3 Å². The Balaban J connectivity index is 1.50. The van der Waals surface area contributed by atoms with Crippen molar-refractivity contribution < 1.29 is 13.9 Å². The first-order chi connectivity index (χ1) is 14.5. The molecule has 3 saturated carbocycles. The Kier molecular flexibility index (Phi) is 4.77. The Hall–Kier alpha value is -2.81. The number of nitrogens with zero attached hydrogens (tertiary/aromatic N) is 4. The Morgan fingerprint density at radius 3 is 2.73 bits per heavy atom. The molecule has 3 aliphatic rings. The second-order valence-corrected chi connectivity index (χ2v) is 8.26. The number of carbonyl (C=O) groups is 1. The number of carbonyl (C=O) groups excluding carboxylic acids is 1. The van der Waals surface area contributed by atoms with Gasteiger partial charge in [0.25, 0.3) is 0 Å². The first-order valence-electron chi connectivity index (χ1n) is 9.92. The summed E-state index contributed by atoms with van der Waals surface area (Å²) in [5.41, 5.74) is 1.61. The number of ether oxygens (including phenoxy) is 1. The van der Waals surface area contributed by atoms with E-state index in [2.05, 4.69) is 30.2 Å². The molecule has 0 amide bonds. The lowest BCUT2D eigenvalue weighted by Gasteiger charge is -2.47. The quantitative estimate of drug-likeness (QED) is 0.609. The molecule has 0 saturated heterocycles. The molecule has 2 atom stereocenters. The van der Waals surface area contributed by atoms with Gasteiger partial charge in [-0.3, -0.25) is 4.79 Å². The Morgan fingerprint density at radius 1 is 1.20 bits per heavy atom. The molecule has 6 rings (SSSR count). The number of aromatic nitrogens is 5. The Labute approximate surface area is 176 Å². The smallest absolute Gasteiger partial charge is 0.311 e. The Morgan fingerprint density at radius 2 is 1.97 bits per heavy atom. The summed E-state index contributed by atoms with van der Waals surface area (Å²) < 4.78 is 19.7. The summed E-state index contributed by atoms with van der Waals surface area (Å²) in [5, 5.41) is 3.45. The van der Waals surface area contributed by atoms with Gasteiger partial charge in [-0.2, -0.15) is 0 Å². The number of anilines is 1. The molecule has 3 aliphatic carbocycles. The first kappa shape index (κ1) is 19.2. The van der Waals surface area contributed by atoms with Crippen molar-refractivity contribution in [3.05, 3.63) is 29.6 Å². The number of H-pyrrole nitrogens is 1. The normalized spacial score (nSPS) is 25.4. The van der Waals surface area contributed by atoms with E-state index in [4.69, 9.17) is 16.3 Å². The van der Waals surface area contributed by atoms with Crippen LogP contribution < -0.4 is 5.32 Å². The third-order valence-corrected chi connectivity index (χ3v) is 6.51. The van der Waals surface area contributed by atoms with Gasteiger partial charge < -0.3 is 15.0 Å². The summed E-state index contributed by atoms with van der Waals surface area (Å²) in [6, 6.07) is -0.223. The third-order valence-electron chi connectivity index (χ3n) is 6.33. The summed E-state index contributed by atoms with van der Waals surface area (Å²) in [6.07, 6.45) is 8.23. The second kappa shape index (κ2) is 7.46. The summed E-state index contributed by atoms with van der Waals surface area (Å²) in [5.74, 6) is -0.262. The molecule has 0 radical (unpaired) electrons. The molecule has 10 heteroatoms. The summed E-state index contributed by atoms with van der Waals surface area (Å²) >= 11 is 5.97. The maximum atomic E-state index is 14.6. The van der Waals surface area contributed by atoms with Crippen molar-refractivity contribution in [3.63, 3.8) is 0 Å². The van der Waals surface area contributed by atoms with Crippen molar-refractivity contribution in [1.29, 1.82) is 0 Å². The van der Waals surface area contributed by atoms with Crippen LogP contribution in [0.1, 0.15) is 25.7 Å². The van der Waals surface area contributed by atoms with E-state index in [1.807, 2.05) is 0 Å². The minimum atomic E-state index is -0.576. The standard InChI is InChI=1S/C20H20ClFN6O2/c1-30-20(29)14-9-2-4-10(5-3-9)15(14)27-18-12(22)7-24-17(28-18)11-6-23-19-16(11)26-13(21)8-25-19/h6-10,14-15H,2-5H2,1H3,(H,23,25)(H,24,27,28)/t9?,10?,14-,15-/m0/s1. The van der Waals surface area contributed by atoms with Crippen LogP contribution in [-0.2, 0) is 9.53 Å². The van der Waals surface area contributed by atoms with E-state index >= 15 is 0 Å². The van der Waals surface area contributed by atoms with Crippen LogP contribution in [0.25, 0.3) is 22.6 Å². The fourth-order valence-electron chi connectivity index (χ4n) is 4.93. The van der Waals surface area contributed by atoms with Crippen molar-refractivity contribution in [2.75, 3.05) is 12.4 Å². The summed E-state index contributed by atoms with van der Waals surface area (Å²) in [6.45, 7) is 0. The van der Waals surface area contributed by atoms with Crippen LogP contribution in [-0.4, -0.2) is 44.0 Å². The third kappa shape index (κ3) is 3.17. The second-order valence-electron chi connectivity index (χ2n) is 7.88. The molecule has 0 aromatic carbocycles. The highest BCUT2D eigenvalue weighted by Crippen LogP contribution is 2.46. The molecule has 0 spiro atoms. The van der Waals surface area contributed by atoms with Gasteiger partial charge in [-0.1, -0.05) is 11.6 Å². The lowest BCUT2D eigenvalue weighted by atomic mass is 9.61. The molecule has 30 heavy (non-hydrogen) atoms. The minimum Gasteiger partial charge on any atom is -0.469 e. The lowest BCUT2D eigenvalue weighted by Crippen LogP contribution is -2.52. The molecule has 2 N–H and O–H groups in total. The average Bonchev–Trinajstić information content (AvgIpc) is 3.18. The van der Waals surface area contributed by atoms with Crippen molar-refractivity contribution >= 4 is 34.6 Å². The number of rotatable bonds is 4. The molecule has 3 aromatic heterocycles. The van der Waals surface area contributed by atoms with Crippen LogP contribution in [0.4, 0.5) is 10.2 Å². The van der Waals surface area contributed by atoms with Crippen LogP contribution in [0.5, 0.6) is 0 Å². The van der Waals surface area contributed by atoms with Crippen LogP contribution >= 0.6 is 11.6 Å². The van der Waals surface area contributed by atoms with Gasteiger partial charge in [0, 0.05) is 12.2 Å². The van der Waals surface area contributed by atoms with E-state index in [9.17, 15) is 9.18 Å². The van der Waals surface area contributed by atoms with E-state index in [0.29, 0.717) is 16.7 Å². The topological polar surface area (TPSA) is 106 Å². The summed E-state index contributed by atoms with van der Waals surface area (Å²) in [7, 11) is 1.40. The number of halogens is 2. The van der Waals surface area contributed by atoms with Crippen LogP contribution in [0.3, 0.4) is 0 Å². The van der Waals surface area contributed by atoms with Crippen molar-refractivity contribution in [2.45, 2.75) is 31.7 Å². The zero-order chi connectivity index (χ0) is 20.8. The number of fused-ring (bicyclic) bond motifs is 4. The van der Waals surface area contributed by atoms with Gasteiger partial charge in [-0.05, 0) is 37.5 Å². The van der Waals surface area contributed by atoms with Gasteiger partial charge in [0.15, 0.2) is 23.1 Å². The van der Waals surface area contributed by atoms with E-state index in [1.54, 1.807) is 6.20 Å². The van der Waals surface area contributed by atoms with E-state index in [0.717, 1.165) is 31.9 Å². The van der Waals surface area contributed by atoms with Gasteiger partial charge in [0.1, 0.15) is 10.7 Å². The highest BCUT2D eigenvalue weighted by molar-refractivity contribution is 6.29. The van der Waals surface area contributed by atoms with Crippen molar-refractivity contribution in [2.24, 2.45) is 17.8 Å². The zero-order valence-corrected chi connectivity index (χ0v) is 17.0. The molecular formula is C20H20ClFN6O2. The molecule has 3 heterocycles. The van der Waals surface area contributed by atoms with Gasteiger partial charge in [-0.15, -0.1) is 0 Å². The summed E-state index contributed by atoms with van der Waals surface area (Å²) in [4.78, 5) is 32.4. The molecule has 8 nitrogen and oxygen atoms in total. The average molecular weight is 431 g/mol. The maximum Gasteiger partial charge on any atom is 0.311 e. The number of hydrogen-bond acceptors (Lipinski definition) is 7. The number of esters is 1. The minimum absolute atomic E-state index is 0.0655. The van der Waals surface area contributed by atoms with Crippen LogP contribution in [0.15, 0.2) is 18.6 Å². The number of nitrogens with one attached hydrogen (secondary N) is 2. The highest BCUT2D eigenvalue weighted by atomic mass is 35.5. The van der Waals surface area contributed by atoms with Crippen LogP contribution in [0, 0.1) is 23.6 Å². The zero-order valence-electron chi connectivity index (χ0n) is 16.2. The van der Waals surface area contributed by atoms with E-state index in [1.165, 1.54) is 13.3 Å². The fourth-order valence-corrected chi connectivity index (χ4v) is 5.06.